The minimum atomic E-state index is -4.66. The quantitative estimate of drug-likeness (QED) is 0.857. The summed E-state index contributed by atoms with van der Waals surface area (Å²) in [6, 6.07) is 5.21. The summed E-state index contributed by atoms with van der Waals surface area (Å²) >= 11 is 0. The number of benzene rings is 1. The lowest BCUT2D eigenvalue weighted by atomic mass is 10.2. The van der Waals surface area contributed by atoms with Gasteiger partial charge in [-0.1, -0.05) is 6.07 Å². The Kier molecular flexibility index (Phi) is 4.19. The number of amides is 2. The summed E-state index contributed by atoms with van der Waals surface area (Å²) in [7, 11) is 0. The molecule has 2 amide bonds. The first-order chi connectivity index (χ1) is 11.8. The van der Waals surface area contributed by atoms with Gasteiger partial charge >= 0.3 is 6.18 Å². The van der Waals surface area contributed by atoms with Gasteiger partial charge in [-0.15, -0.1) is 0 Å². The number of nitrogens with one attached hydrogen (secondary N) is 1. The van der Waals surface area contributed by atoms with Gasteiger partial charge in [0, 0.05) is 18.8 Å². The second-order valence-electron chi connectivity index (χ2n) is 5.40. The van der Waals surface area contributed by atoms with E-state index in [0.29, 0.717) is 0 Å². The van der Waals surface area contributed by atoms with Crippen LogP contribution < -0.4 is 5.32 Å². The number of carbonyl (C=O) groups is 2. The zero-order valence-electron chi connectivity index (χ0n) is 12.7. The third-order valence-corrected chi connectivity index (χ3v) is 3.65. The fourth-order valence-corrected chi connectivity index (χ4v) is 2.57. The van der Waals surface area contributed by atoms with E-state index in [2.05, 4.69) is 10.3 Å². The third-order valence-electron chi connectivity index (χ3n) is 3.65. The topological polar surface area (TPSA) is 67.2 Å². The fourth-order valence-electron chi connectivity index (χ4n) is 2.57. The molecule has 10 heteroatoms. The first-order valence-electron chi connectivity index (χ1n) is 7.23. The number of alkyl halides is 3. The van der Waals surface area contributed by atoms with Crippen LogP contribution in [0, 0.1) is 5.82 Å². The molecule has 0 spiro atoms. The second-order valence-corrected chi connectivity index (χ2v) is 5.40. The van der Waals surface area contributed by atoms with Crippen molar-refractivity contribution < 1.29 is 27.2 Å². The number of imidazole rings is 1. The smallest absolute Gasteiger partial charge is 0.326 e. The number of rotatable bonds is 3. The summed E-state index contributed by atoms with van der Waals surface area (Å²) in [6.45, 7) is -0.549. The number of anilines is 1. The Balaban J connectivity index is 1.70. The molecule has 0 aliphatic carbocycles. The molecule has 0 unspecified atom stereocenters. The largest absolute Gasteiger partial charge is 0.449 e. The normalized spacial score (nSPS) is 14.4. The van der Waals surface area contributed by atoms with Crippen molar-refractivity contribution in [1.82, 2.24) is 14.5 Å². The van der Waals surface area contributed by atoms with E-state index in [9.17, 15) is 27.2 Å². The monoisotopic (exact) mass is 356 g/mol. The molecule has 6 nitrogen and oxygen atoms in total. The van der Waals surface area contributed by atoms with Crippen molar-refractivity contribution in [2.75, 3.05) is 18.4 Å². The van der Waals surface area contributed by atoms with Crippen LogP contribution in [0.1, 0.15) is 16.3 Å². The van der Waals surface area contributed by atoms with E-state index in [4.69, 9.17) is 0 Å². The van der Waals surface area contributed by atoms with Crippen molar-refractivity contribution in [1.29, 1.82) is 0 Å². The van der Waals surface area contributed by atoms with Crippen LogP contribution in [0.15, 0.2) is 30.5 Å². The molecule has 1 aliphatic rings. The Morgan fingerprint density at radius 3 is 2.72 bits per heavy atom. The zero-order chi connectivity index (χ0) is 18.2. The van der Waals surface area contributed by atoms with E-state index in [1.807, 2.05) is 0 Å². The van der Waals surface area contributed by atoms with Crippen LogP contribution in [-0.4, -0.2) is 39.4 Å². The molecule has 0 saturated carbocycles. The van der Waals surface area contributed by atoms with Gasteiger partial charge in [-0.2, -0.15) is 13.2 Å². The van der Waals surface area contributed by atoms with Gasteiger partial charge in [0.2, 0.25) is 11.7 Å². The van der Waals surface area contributed by atoms with Crippen LogP contribution >= 0.6 is 0 Å². The van der Waals surface area contributed by atoms with Crippen LogP contribution in [0.4, 0.5) is 23.2 Å². The standard InChI is InChI=1S/C15H12F4N4O2/c16-9-2-1-3-10(6-9)21-12(24)8-22-4-5-23-11(13(22)25)7-20-14(23)15(17,18)19/h1-3,6-7H,4-5,8H2,(H,21,24). The minimum Gasteiger partial charge on any atom is -0.326 e. The molecule has 3 rings (SSSR count). The van der Waals surface area contributed by atoms with Gasteiger partial charge < -0.3 is 14.8 Å². The highest BCUT2D eigenvalue weighted by molar-refractivity contribution is 5.98. The van der Waals surface area contributed by atoms with Crippen LogP contribution in [0.2, 0.25) is 0 Å². The summed E-state index contributed by atoms with van der Waals surface area (Å²) in [5, 5.41) is 2.43. The Hall–Kier alpha value is -2.91. The summed E-state index contributed by atoms with van der Waals surface area (Å²) < 4.78 is 52.3. The zero-order valence-corrected chi connectivity index (χ0v) is 12.7. The van der Waals surface area contributed by atoms with E-state index >= 15 is 0 Å². The van der Waals surface area contributed by atoms with Crippen molar-refractivity contribution >= 4 is 17.5 Å². The lowest BCUT2D eigenvalue weighted by Gasteiger charge is -2.28. The van der Waals surface area contributed by atoms with Gasteiger partial charge in [0.25, 0.3) is 5.91 Å². The molecule has 0 saturated heterocycles. The van der Waals surface area contributed by atoms with Gasteiger partial charge in [0.05, 0.1) is 6.20 Å². The molecule has 0 fully saturated rings. The predicted octanol–water partition coefficient (Wildman–Crippen LogP) is 2.14. The van der Waals surface area contributed by atoms with Gasteiger partial charge in [0.15, 0.2) is 0 Å². The van der Waals surface area contributed by atoms with Gasteiger partial charge in [-0.3, -0.25) is 9.59 Å². The van der Waals surface area contributed by atoms with Crippen LogP contribution in [0.25, 0.3) is 0 Å². The van der Waals surface area contributed by atoms with Crippen molar-refractivity contribution in [2.24, 2.45) is 0 Å². The Morgan fingerprint density at radius 1 is 1.28 bits per heavy atom. The summed E-state index contributed by atoms with van der Waals surface area (Å²) in [4.78, 5) is 28.6. The van der Waals surface area contributed by atoms with Crippen molar-refractivity contribution in [2.45, 2.75) is 12.7 Å². The lowest BCUT2D eigenvalue weighted by molar-refractivity contribution is -0.147. The maximum absolute atomic E-state index is 13.1. The fraction of sp³-hybridized carbons (Fsp3) is 0.267. The number of aromatic nitrogens is 2. The molecular formula is C15H12F4N4O2. The lowest BCUT2D eigenvalue weighted by Crippen LogP contribution is -2.44. The van der Waals surface area contributed by atoms with Gasteiger partial charge in [-0.05, 0) is 18.2 Å². The Labute approximate surface area is 139 Å². The molecule has 1 aromatic heterocycles. The van der Waals surface area contributed by atoms with Gasteiger partial charge in [0.1, 0.15) is 18.1 Å². The van der Waals surface area contributed by atoms with E-state index in [1.165, 1.54) is 18.2 Å². The van der Waals surface area contributed by atoms with Crippen molar-refractivity contribution in [3.63, 3.8) is 0 Å². The maximum Gasteiger partial charge on any atom is 0.449 e. The SMILES string of the molecule is O=C(CN1CCn2c(cnc2C(F)(F)F)C1=O)Nc1cccc(F)c1. The number of hydrogen-bond donors (Lipinski definition) is 1. The third kappa shape index (κ3) is 3.47. The van der Waals surface area contributed by atoms with E-state index < -0.39 is 29.6 Å². The minimum absolute atomic E-state index is 0.0676. The molecule has 0 atom stereocenters. The van der Waals surface area contributed by atoms with Crippen LogP contribution in [0.3, 0.4) is 0 Å². The Bertz CT molecular complexity index is 831. The number of nitrogens with zero attached hydrogens (tertiary/aromatic N) is 3. The molecule has 2 heterocycles. The Morgan fingerprint density at radius 2 is 2.04 bits per heavy atom. The van der Waals surface area contributed by atoms with E-state index in [0.717, 1.165) is 21.7 Å². The molecule has 1 N–H and O–H groups in total. The average molecular weight is 356 g/mol. The summed E-state index contributed by atoms with van der Waals surface area (Å²) in [6.07, 6.45) is -3.81. The van der Waals surface area contributed by atoms with Crippen LogP contribution in [-0.2, 0) is 17.5 Å². The van der Waals surface area contributed by atoms with Crippen LogP contribution in [0.5, 0.6) is 0 Å². The second kappa shape index (κ2) is 6.19. The molecule has 1 aliphatic heterocycles. The average Bonchev–Trinajstić information content (AvgIpc) is 2.95. The van der Waals surface area contributed by atoms with Gasteiger partial charge in [-0.25, -0.2) is 9.37 Å². The predicted molar refractivity (Wildman–Crippen MR) is 78.2 cm³/mol. The summed E-state index contributed by atoms with van der Waals surface area (Å²) in [5.74, 6) is -2.97. The highest BCUT2D eigenvalue weighted by Gasteiger charge is 2.40. The first-order valence-corrected chi connectivity index (χ1v) is 7.23. The summed E-state index contributed by atoms with van der Waals surface area (Å²) in [5.41, 5.74) is -0.00371. The molecule has 25 heavy (non-hydrogen) atoms. The highest BCUT2D eigenvalue weighted by Crippen LogP contribution is 2.30. The van der Waals surface area contributed by atoms with Crippen molar-refractivity contribution in [3.05, 3.63) is 47.8 Å². The maximum atomic E-state index is 13.1. The first kappa shape index (κ1) is 16.9. The number of halogens is 4. The van der Waals surface area contributed by atoms with Crippen molar-refractivity contribution in [3.8, 4) is 0 Å². The molecule has 0 radical (unpaired) electrons. The number of carbonyl (C=O) groups excluding carboxylic acids is 2. The molecular weight excluding hydrogens is 344 g/mol. The van der Waals surface area contributed by atoms with E-state index in [1.54, 1.807) is 0 Å². The number of hydrogen-bond acceptors (Lipinski definition) is 3. The highest BCUT2D eigenvalue weighted by atomic mass is 19.4. The molecule has 1 aromatic carbocycles. The van der Waals surface area contributed by atoms with E-state index in [-0.39, 0.29) is 31.0 Å². The molecule has 0 bridgehead atoms. The molecule has 132 valence electrons. The molecule has 2 aromatic rings. The number of fused-ring (bicyclic) bond motifs is 1.